The Labute approximate surface area is 162 Å². The van der Waals surface area contributed by atoms with Crippen molar-refractivity contribution in [2.45, 2.75) is 24.7 Å². The molecule has 0 saturated heterocycles. The Kier molecular flexibility index (Phi) is 6.54. The molecule has 0 aliphatic heterocycles. The van der Waals surface area contributed by atoms with Crippen molar-refractivity contribution >= 4 is 17.5 Å². The van der Waals surface area contributed by atoms with Crippen LogP contribution in [0.2, 0.25) is 0 Å². The minimum Gasteiger partial charge on any atom is -0.378 e. The quantitative estimate of drug-likeness (QED) is 0.472. The maximum atomic E-state index is 12.6. The molecule has 0 aromatic heterocycles. The number of nitrogens with zero attached hydrogens (tertiary/aromatic N) is 1. The van der Waals surface area contributed by atoms with Gasteiger partial charge in [0, 0.05) is 18.6 Å². The van der Waals surface area contributed by atoms with Gasteiger partial charge in [-0.15, -0.1) is 0 Å². The number of amides is 2. The second kappa shape index (κ2) is 8.69. The highest BCUT2D eigenvalue weighted by atomic mass is 19.4. The molecule has 11 heteroatoms. The predicted octanol–water partition coefficient (Wildman–Crippen LogP) is 1.86. The monoisotopic (exact) mass is 411 g/mol. The summed E-state index contributed by atoms with van der Waals surface area (Å²) in [6, 6.07) is 7.28. The summed E-state index contributed by atoms with van der Waals surface area (Å²) < 4.78 is 37.8. The topological polar surface area (TPSA) is 136 Å². The second-order valence-electron chi connectivity index (χ2n) is 6.11. The lowest BCUT2D eigenvalue weighted by Crippen LogP contribution is -2.47. The minimum absolute atomic E-state index is 0.0984. The van der Waals surface area contributed by atoms with Gasteiger partial charge in [-0.3, -0.25) is 19.7 Å². The molecular weight excluding hydrogens is 395 g/mol. The number of benzene rings is 2. The van der Waals surface area contributed by atoms with Gasteiger partial charge >= 0.3 is 6.18 Å². The number of hydrogen-bond acceptors (Lipinski definition) is 5. The van der Waals surface area contributed by atoms with E-state index in [0.717, 1.165) is 12.1 Å². The van der Waals surface area contributed by atoms with Gasteiger partial charge in [-0.2, -0.15) is 13.2 Å². The van der Waals surface area contributed by atoms with E-state index in [1.54, 1.807) is 0 Å². The Bertz CT molecular complexity index is 898. The Morgan fingerprint density at radius 2 is 1.66 bits per heavy atom. The molecule has 2 rings (SSSR count). The predicted molar refractivity (Wildman–Crippen MR) is 94.3 cm³/mol. The molecule has 2 atom stereocenters. The van der Waals surface area contributed by atoms with Gasteiger partial charge < -0.3 is 16.2 Å². The van der Waals surface area contributed by atoms with Crippen LogP contribution in [0, 0.1) is 10.1 Å². The number of nitro benzene ring substituents is 1. The van der Waals surface area contributed by atoms with Gasteiger partial charge in [0.25, 0.3) is 11.6 Å². The molecule has 2 aromatic carbocycles. The number of rotatable bonds is 7. The molecule has 0 radical (unpaired) electrons. The molecule has 0 unspecified atom stereocenters. The zero-order chi connectivity index (χ0) is 21.8. The molecule has 2 amide bonds. The first-order valence-electron chi connectivity index (χ1n) is 8.17. The summed E-state index contributed by atoms with van der Waals surface area (Å²) in [4.78, 5) is 33.9. The highest BCUT2D eigenvalue weighted by molar-refractivity contribution is 5.89. The third-order valence-corrected chi connectivity index (χ3v) is 4.05. The normalized spacial score (nSPS) is 13.4. The third kappa shape index (κ3) is 5.75. The number of alkyl halides is 3. The fourth-order valence-electron chi connectivity index (χ4n) is 2.47. The van der Waals surface area contributed by atoms with Crippen LogP contribution in [0.25, 0.3) is 0 Å². The SMILES string of the molecule is NC(=O)[C@H](Cc1ccc([N+](=O)[O-])cc1)NC(=O)[C@H](O)c1ccc(C(F)(F)F)cc1. The molecule has 29 heavy (non-hydrogen) atoms. The molecule has 154 valence electrons. The van der Waals surface area contributed by atoms with Crippen molar-refractivity contribution in [2.75, 3.05) is 0 Å². The van der Waals surface area contributed by atoms with Crippen molar-refractivity contribution in [2.24, 2.45) is 5.73 Å². The fraction of sp³-hybridized carbons (Fsp3) is 0.222. The lowest BCUT2D eigenvalue weighted by molar-refractivity contribution is -0.384. The van der Waals surface area contributed by atoms with Gasteiger partial charge in [0.2, 0.25) is 5.91 Å². The number of nitrogens with two attached hydrogens (primary N) is 1. The number of carbonyl (C=O) groups is 2. The smallest absolute Gasteiger partial charge is 0.378 e. The standard InChI is InChI=1S/C18H16F3N3O5/c19-18(20,21)12-5-3-11(4-6-12)15(25)17(27)23-14(16(22)26)9-10-1-7-13(8-2-10)24(28)29/h1-8,14-15,25H,9H2,(H2,22,26)(H,23,27)/t14-,15+/m0/s1. The number of halogens is 3. The number of non-ortho nitro benzene ring substituents is 1. The molecule has 8 nitrogen and oxygen atoms in total. The van der Waals surface area contributed by atoms with Crippen LogP contribution in [0.1, 0.15) is 22.8 Å². The van der Waals surface area contributed by atoms with Crippen molar-refractivity contribution in [3.05, 3.63) is 75.3 Å². The molecule has 4 N–H and O–H groups in total. The summed E-state index contributed by atoms with van der Waals surface area (Å²) in [5.74, 6) is -1.95. The molecule has 2 aromatic rings. The van der Waals surface area contributed by atoms with Crippen molar-refractivity contribution in [3.8, 4) is 0 Å². The highest BCUT2D eigenvalue weighted by Crippen LogP contribution is 2.30. The van der Waals surface area contributed by atoms with Crippen LogP contribution in [0.5, 0.6) is 0 Å². The van der Waals surface area contributed by atoms with E-state index in [-0.39, 0.29) is 17.7 Å². The van der Waals surface area contributed by atoms with Crippen LogP contribution in [0.15, 0.2) is 48.5 Å². The Hall–Kier alpha value is -3.47. The van der Waals surface area contributed by atoms with E-state index in [9.17, 15) is 38.0 Å². The zero-order valence-electron chi connectivity index (χ0n) is 14.7. The average molecular weight is 411 g/mol. The molecule has 0 aliphatic rings. The third-order valence-electron chi connectivity index (χ3n) is 4.05. The van der Waals surface area contributed by atoms with Crippen molar-refractivity contribution in [1.29, 1.82) is 0 Å². The van der Waals surface area contributed by atoms with Gasteiger partial charge in [-0.05, 0) is 23.3 Å². The van der Waals surface area contributed by atoms with E-state index in [4.69, 9.17) is 5.73 Å². The summed E-state index contributed by atoms with van der Waals surface area (Å²) in [6.07, 6.45) is -6.48. The van der Waals surface area contributed by atoms with Crippen LogP contribution in [-0.2, 0) is 22.2 Å². The highest BCUT2D eigenvalue weighted by Gasteiger charge is 2.31. The van der Waals surface area contributed by atoms with Gasteiger partial charge in [0.05, 0.1) is 10.5 Å². The molecule has 0 bridgehead atoms. The number of aliphatic hydroxyl groups excluding tert-OH is 1. The van der Waals surface area contributed by atoms with E-state index >= 15 is 0 Å². The van der Waals surface area contributed by atoms with Gasteiger partial charge in [-0.1, -0.05) is 24.3 Å². The molecule has 0 spiro atoms. The summed E-state index contributed by atoms with van der Waals surface area (Å²) in [7, 11) is 0. The van der Waals surface area contributed by atoms with E-state index in [2.05, 4.69) is 5.32 Å². The molecule has 0 aliphatic carbocycles. The Morgan fingerprint density at radius 1 is 1.10 bits per heavy atom. The zero-order valence-corrected chi connectivity index (χ0v) is 14.7. The number of carbonyl (C=O) groups excluding carboxylic acids is 2. The Balaban J connectivity index is 2.08. The lowest BCUT2D eigenvalue weighted by Gasteiger charge is -2.18. The van der Waals surface area contributed by atoms with Crippen molar-refractivity contribution in [1.82, 2.24) is 5.32 Å². The molecule has 0 saturated carbocycles. The molecule has 0 fully saturated rings. The first-order valence-corrected chi connectivity index (χ1v) is 8.17. The van der Waals surface area contributed by atoms with Gasteiger partial charge in [0.15, 0.2) is 6.10 Å². The number of nitro groups is 1. The average Bonchev–Trinajstić information content (AvgIpc) is 2.66. The van der Waals surface area contributed by atoms with Crippen molar-refractivity contribution < 1.29 is 32.8 Å². The van der Waals surface area contributed by atoms with Crippen LogP contribution < -0.4 is 11.1 Å². The summed E-state index contributed by atoms with van der Waals surface area (Å²) in [5.41, 5.74) is 4.50. The Morgan fingerprint density at radius 3 is 2.10 bits per heavy atom. The first-order chi connectivity index (χ1) is 13.5. The minimum atomic E-state index is -4.56. The van der Waals surface area contributed by atoms with E-state index in [0.29, 0.717) is 17.7 Å². The lowest BCUT2D eigenvalue weighted by atomic mass is 10.0. The van der Waals surface area contributed by atoms with Gasteiger partial charge in [-0.25, -0.2) is 0 Å². The largest absolute Gasteiger partial charge is 0.416 e. The fourth-order valence-corrected chi connectivity index (χ4v) is 2.47. The first kappa shape index (κ1) is 21.8. The van der Waals surface area contributed by atoms with Crippen LogP contribution in [0.3, 0.4) is 0 Å². The van der Waals surface area contributed by atoms with Crippen molar-refractivity contribution in [3.63, 3.8) is 0 Å². The number of primary amides is 1. The van der Waals surface area contributed by atoms with E-state index in [1.807, 2.05) is 0 Å². The van der Waals surface area contributed by atoms with E-state index in [1.165, 1.54) is 24.3 Å². The van der Waals surface area contributed by atoms with Crippen LogP contribution in [-0.4, -0.2) is 27.9 Å². The van der Waals surface area contributed by atoms with Crippen LogP contribution in [0.4, 0.5) is 18.9 Å². The molecule has 0 heterocycles. The summed E-state index contributed by atoms with van der Waals surface area (Å²) in [5, 5.41) is 22.9. The van der Waals surface area contributed by atoms with Crippen LogP contribution >= 0.6 is 0 Å². The second-order valence-corrected chi connectivity index (χ2v) is 6.11. The number of nitrogens with one attached hydrogen (secondary N) is 1. The number of hydrogen-bond donors (Lipinski definition) is 3. The summed E-state index contributed by atoms with van der Waals surface area (Å²) >= 11 is 0. The van der Waals surface area contributed by atoms with Gasteiger partial charge in [0.1, 0.15) is 6.04 Å². The number of aliphatic hydroxyl groups is 1. The summed E-state index contributed by atoms with van der Waals surface area (Å²) in [6.45, 7) is 0. The molecular formula is C18H16F3N3O5. The maximum absolute atomic E-state index is 12.6. The maximum Gasteiger partial charge on any atom is 0.416 e. The van der Waals surface area contributed by atoms with E-state index < -0.39 is 40.6 Å².